The van der Waals surface area contributed by atoms with Crippen LogP contribution in [-0.2, 0) is 4.74 Å². The molecule has 0 fully saturated rings. The summed E-state index contributed by atoms with van der Waals surface area (Å²) in [6.07, 6.45) is 0. The molecular weight excluding hydrogens is 147 g/mol. The van der Waals surface area contributed by atoms with E-state index in [2.05, 4.69) is 20.8 Å². The summed E-state index contributed by atoms with van der Waals surface area (Å²) in [7, 11) is 5.93. The molecule has 2 radical (unpaired) electrons. The van der Waals surface area contributed by atoms with Crippen LogP contribution in [0.4, 0.5) is 0 Å². The van der Waals surface area contributed by atoms with Gasteiger partial charge in [0.2, 0.25) is 0 Å². The molecule has 1 atom stereocenters. The van der Waals surface area contributed by atoms with Crippen LogP contribution in [0.25, 0.3) is 0 Å². The molecule has 2 heteroatoms. The first-order valence-electron chi connectivity index (χ1n) is 4.52. The minimum absolute atomic E-state index is 0.0805. The van der Waals surface area contributed by atoms with Crippen molar-refractivity contribution in [2.45, 2.75) is 53.0 Å². The summed E-state index contributed by atoms with van der Waals surface area (Å²) in [5, 5.41) is 0. The van der Waals surface area contributed by atoms with Gasteiger partial charge in [-0.2, -0.15) is 0 Å². The van der Waals surface area contributed by atoms with Crippen molar-refractivity contribution in [2.24, 2.45) is 5.41 Å². The number of ether oxygens (including phenoxy) is 1. The summed E-state index contributed by atoms with van der Waals surface area (Å²) in [5.74, 6) is 0.108. The molecule has 0 spiro atoms. The largest absolute Gasteiger partial charge is 0.376 e. The molecule has 0 bridgehead atoms. The molecule has 1 nitrogen and oxygen atoms in total. The first kappa shape index (κ1) is 12.0. The molecular formula is C10H21BO. The first-order chi connectivity index (χ1) is 5.13. The van der Waals surface area contributed by atoms with Crippen molar-refractivity contribution in [3.05, 3.63) is 0 Å². The second kappa shape index (κ2) is 3.82. The van der Waals surface area contributed by atoms with E-state index in [9.17, 15) is 0 Å². The quantitative estimate of drug-likeness (QED) is 0.576. The van der Waals surface area contributed by atoms with Crippen molar-refractivity contribution >= 4 is 7.85 Å². The summed E-state index contributed by atoms with van der Waals surface area (Å²) in [5.41, 5.74) is 0.0497. The Hall–Kier alpha value is 0.0249. The fraction of sp³-hybridized carbons (Fsp3) is 1.00. The van der Waals surface area contributed by atoms with Crippen LogP contribution in [0.15, 0.2) is 0 Å². The van der Waals surface area contributed by atoms with E-state index >= 15 is 0 Å². The molecule has 0 aliphatic rings. The molecule has 0 aromatic heterocycles. The third kappa shape index (κ3) is 5.65. The molecule has 0 aromatic rings. The van der Waals surface area contributed by atoms with Crippen molar-refractivity contribution in [2.75, 3.05) is 6.61 Å². The minimum Gasteiger partial charge on any atom is -0.376 e. The van der Waals surface area contributed by atoms with Gasteiger partial charge in [0, 0.05) is 6.61 Å². The molecule has 0 amide bonds. The predicted molar refractivity (Wildman–Crippen MR) is 54.7 cm³/mol. The lowest BCUT2D eigenvalue weighted by atomic mass is 9.69. The van der Waals surface area contributed by atoms with Crippen LogP contribution >= 0.6 is 0 Å². The lowest BCUT2D eigenvalue weighted by Gasteiger charge is -2.30. The minimum atomic E-state index is -0.0805. The molecule has 0 heterocycles. The SMILES string of the molecule is [B]C(COC(C)(C)C)C(C)(C)C. The van der Waals surface area contributed by atoms with E-state index in [1.165, 1.54) is 0 Å². The number of hydrogen-bond donors (Lipinski definition) is 0. The van der Waals surface area contributed by atoms with E-state index in [-0.39, 0.29) is 16.8 Å². The average molecular weight is 168 g/mol. The number of rotatable bonds is 2. The topological polar surface area (TPSA) is 9.23 Å². The summed E-state index contributed by atoms with van der Waals surface area (Å²) in [6, 6.07) is 0. The smallest absolute Gasteiger partial charge is 0.0737 e. The maximum Gasteiger partial charge on any atom is 0.0737 e. The molecule has 0 N–H and O–H groups in total. The van der Waals surface area contributed by atoms with Crippen LogP contribution in [0.1, 0.15) is 41.5 Å². The van der Waals surface area contributed by atoms with Gasteiger partial charge in [0.05, 0.1) is 13.4 Å². The normalized spacial score (nSPS) is 16.2. The Morgan fingerprint density at radius 2 is 1.50 bits per heavy atom. The monoisotopic (exact) mass is 168 g/mol. The van der Waals surface area contributed by atoms with Gasteiger partial charge >= 0.3 is 0 Å². The molecule has 0 aliphatic heterocycles. The van der Waals surface area contributed by atoms with Crippen LogP contribution in [-0.4, -0.2) is 20.1 Å². The van der Waals surface area contributed by atoms with Gasteiger partial charge in [-0.15, -0.1) is 0 Å². The lowest BCUT2D eigenvalue weighted by Crippen LogP contribution is -2.26. The molecule has 70 valence electrons. The zero-order valence-corrected chi connectivity index (χ0v) is 9.27. The second-order valence-electron chi connectivity index (χ2n) is 5.40. The molecule has 0 saturated carbocycles. The van der Waals surface area contributed by atoms with E-state index in [1.807, 2.05) is 20.8 Å². The summed E-state index contributed by atoms with van der Waals surface area (Å²) in [6.45, 7) is 13.2. The third-order valence-electron chi connectivity index (χ3n) is 1.81. The maximum atomic E-state index is 5.93. The summed E-state index contributed by atoms with van der Waals surface area (Å²) < 4.78 is 5.59. The first-order valence-corrected chi connectivity index (χ1v) is 4.52. The maximum absolute atomic E-state index is 5.93. The van der Waals surface area contributed by atoms with E-state index < -0.39 is 0 Å². The molecule has 12 heavy (non-hydrogen) atoms. The van der Waals surface area contributed by atoms with E-state index in [0.29, 0.717) is 6.61 Å². The van der Waals surface area contributed by atoms with Gasteiger partial charge < -0.3 is 4.74 Å². The van der Waals surface area contributed by atoms with E-state index in [1.54, 1.807) is 0 Å². The van der Waals surface area contributed by atoms with Crippen LogP contribution in [0.2, 0.25) is 5.82 Å². The lowest BCUT2D eigenvalue weighted by molar-refractivity contribution is -0.0133. The van der Waals surface area contributed by atoms with Gasteiger partial charge in [-0.3, -0.25) is 0 Å². The Labute approximate surface area is 78.3 Å². The van der Waals surface area contributed by atoms with E-state index in [4.69, 9.17) is 12.6 Å². The highest BCUT2D eigenvalue weighted by Gasteiger charge is 2.21. The van der Waals surface area contributed by atoms with Gasteiger partial charge in [-0.25, -0.2) is 0 Å². The fourth-order valence-corrected chi connectivity index (χ4v) is 0.590. The third-order valence-corrected chi connectivity index (χ3v) is 1.81. The van der Waals surface area contributed by atoms with Crippen molar-refractivity contribution in [1.29, 1.82) is 0 Å². The van der Waals surface area contributed by atoms with Crippen LogP contribution in [0.5, 0.6) is 0 Å². The Morgan fingerprint density at radius 3 is 1.75 bits per heavy atom. The van der Waals surface area contributed by atoms with Crippen LogP contribution in [0, 0.1) is 5.41 Å². The summed E-state index contributed by atoms with van der Waals surface area (Å²) in [4.78, 5) is 0. The zero-order valence-electron chi connectivity index (χ0n) is 9.27. The number of hydrogen-bond acceptors (Lipinski definition) is 1. The highest BCUT2D eigenvalue weighted by molar-refractivity contribution is 6.12. The second-order valence-corrected chi connectivity index (χ2v) is 5.40. The van der Waals surface area contributed by atoms with Gasteiger partial charge in [0.15, 0.2) is 0 Å². The van der Waals surface area contributed by atoms with Gasteiger partial charge in [0.1, 0.15) is 0 Å². The van der Waals surface area contributed by atoms with Crippen molar-refractivity contribution < 1.29 is 4.74 Å². The Kier molecular flexibility index (Phi) is 3.83. The Bertz CT molecular complexity index is 130. The van der Waals surface area contributed by atoms with Crippen molar-refractivity contribution in [1.82, 2.24) is 0 Å². The molecule has 0 rings (SSSR count). The molecule has 0 aliphatic carbocycles. The standard InChI is InChI=1S/C10H21BO/c1-9(2,3)8(11)7-12-10(4,5)6/h8H,7H2,1-6H3. The van der Waals surface area contributed by atoms with Gasteiger partial charge in [0.25, 0.3) is 0 Å². The van der Waals surface area contributed by atoms with Gasteiger partial charge in [-0.05, 0) is 32.0 Å². The summed E-state index contributed by atoms with van der Waals surface area (Å²) >= 11 is 0. The Morgan fingerprint density at radius 1 is 1.08 bits per heavy atom. The Balaban J connectivity index is 3.80. The van der Waals surface area contributed by atoms with Crippen LogP contribution < -0.4 is 0 Å². The molecule has 1 unspecified atom stereocenters. The molecule has 0 saturated heterocycles. The van der Waals surface area contributed by atoms with Crippen molar-refractivity contribution in [3.63, 3.8) is 0 Å². The molecule has 0 aromatic carbocycles. The fourth-order valence-electron chi connectivity index (χ4n) is 0.590. The van der Waals surface area contributed by atoms with Gasteiger partial charge in [-0.1, -0.05) is 20.8 Å². The van der Waals surface area contributed by atoms with Crippen LogP contribution in [0.3, 0.4) is 0 Å². The zero-order chi connectivity index (χ0) is 9.99. The average Bonchev–Trinajstić information content (AvgIpc) is 1.78. The highest BCUT2D eigenvalue weighted by atomic mass is 16.5. The van der Waals surface area contributed by atoms with E-state index in [0.717, 1.165) is 0 Å². The highest BCUT2D eigenvalue weighted by Crippen LogP contribution is 2.29. The van der Waals surface area contributed by atoms with Crippen molar-refractivity contribution in [3.8, 4) is 0 Å². The predicted octanol–water partition coefficient (Wildman–Crippen LogP) is 2.80.